The van der Waals surface area contributed by atoms with Crippen molar-refractivity contribution in [1.82, 2.24) is 15.5 Å². The number of ether oxygens (including phenoxy) is 1. The second-order valence-corrected chi connectivity index (χ2v) is 3.14. The lowest BCUT2D eigenvalue weighted by Crippen LogP contribution is -2.28. The molecule has 1 aromatic rings. The molecule has 6 nitrogen and oxygen atoms in total. The van der Waals surface area contributed by atoms with Crippen molar-refractivity contribution in [2.45, 2.75) is 12.5 Å². The summed E-state index contributed by atoms with van der Waals surface area (Å²) in [5.74, 6) is -0.201. The molecule has 0 saturated heterocycles. The van der Waals surface area contributed by atoms with E-state index in [-0.39, 0.29) is 12.5 Å². The first-order chi connectivity index (χ1) is 7.24. The number of hydrogen-bond donors (Lipinski definition) is 3. The minimum atomic E-state index is -0.542. The van der Waals surface area contributed by atoms with Crippen molar-refractivity contribution < 1.29 is 14.6 Å². The number of methoxy groups -OCH3 is 1. The van der Waals surface area contributed by atoms with Crippen LogP contribution >= 0.6 is 0 Å². The molecule has 1 unspecified atom stereocenters. The largest absolute Gasteiger partial charge is 0.391 e. The summed E-state index contributed by atoms with van der Waals surface area (Å²) in [6.45, 7) is 0.691. The van der Waals surface area contributed by atoms with Gasteiger partial charge in [0.05, 0.1) is 24.5 Å². The Bertz CT molecular complexity index is 287. The summed E-state index contributed by atoms with van der Waals surface area (Å²) in [4.78, 5) is 11.4. The minimum Gasteiger partial charge on any atom is -0.391 e. The Labute approximate surface area is 87.6 Å². The van der Waals surface area contributed by atoms with Gasteiger partial charge in [-0.1, -0.05) is 0 Å². The molecule has 0 bridgehead atoms. The van der Waals surface area contributed by atoms with Crippen LogP contribution < -0.4 is 5.32 Å². The van der Waals surface area contributed by atoms with E-state index in [0.717, 1.165) is 0 Å². The summed E-state index contributed by atoms with van der Waals surface area (Å²) in [6, 6.07) is 0. The third-order valence-corrected chi connectivity index (χ3v) is 1.88. The van der Waals surface area contributed by atoms with Crippen molar-refractivity contribution in [3.05, 3.63) is 18.0 Å². The monoisotopic (exact) mass is 213 g/mol. The van der Waals surface area contributed by atoms with Gasteiger partial charge in [-0.05, 0) is 6.42 Å². The van der Waals surface area contributed by atoms with E-state index in [1.165, 1.54) is 19.5 Å². The molecule has 1 aromatic heterocycles. The van der Waals surface area contributed by atoms with Crippen molar-refractivity contribution in [2.75, 3.05) is 20.3 Å². The summed E-state index contributed by atoms with van der Waals surface area (Å²) < 4.78 is 4.76. The number of aromatic amines is 1. The molecule has 0 aliphatic rings. The molecule has 3 N–H and O–H groups in total. The maximum atomic E-state index is 11.4. The van der Waals surface area contributed by atoms with Crippen molar-refractivity contribution in [3.8, 4) is 0 Å². The van der Waals surface area contributed by atoms with Crippen LogP contribution in [0.2, 0.25) is 0 Å². The molecule has 6 heteroatoms. The van der Waals surface area contributed by atoms with Gasteiger partial charge in [0.25, 0.3) is 5.91 Å². The maximum absolute atomic E-state index is 11.4. The first kappa shape index (κ1) is 11.7. The average molecular weight is 213 g/mol. The maximum Gasteiger partial charge on any atom is 0.254 e. The zero-order chi connectivity index (χ0) is 11.1. The van der Waals surface area contributed by atoms with Crippen LogP contribution in [-0.2, 0) is 4.74 Å². The van der Waals surface area contributed by atoms with E-state index in [0.29, 0.717) is 18.5 Å². The Morgan fingerprint density at radius 3 is 3.20 bits per heavy atom. The molecule has 0 spiro atoms. The highest BCUT2D eigenvalue weighted by atomic mass is 16.5. The molecule has 0 saturated carbocycles. The van der Waals surface area contributed by atoms with Gasteiger partial charge in [-0.2, -0.15) is 5.10 Å². The molecule has 0 aromatic carbocycles. The fourth-order valence-corrected chi connectivity index (χ4v) is 1.11. The van der Waals surface area contributed by atoms with E-state index >= 15 is 0 Å². The molecule has 1 heterocycles. The van der Waals surface area contributed by atoms with E-state index in [4.69, 9.17) is 4.74 Å². The highest BCUT2D eigenvalue weighted by Gasteiger charge is 2.07. The van der Waals surface area contributed by atoms with Crippen LogP contribution in [0.15, 0.2) is 12.4 Å². The molecule has 84 valence electrons. The topological polar surface area (TPSA) is 87.2 Å². The lowest BCUT2D eigenvalue weighted by atomic mass is 10.2. The van der Waals surface area contributed by atoms with E-state index in [1.807, 2.05) is 0 Å². The first-order valence-electron chi connectivity index (χ1n) is 4.68. The van der Waals surface area contributed by atoms with Crippen LogP contribution in [0, 0.1) is 0 Å². The fraction of sp³-hybridized carbons (Fsp3) is 0.556. The van der Waals surface area contributed by atoms with Crippen molar-refractivity contribution in [2.24, 2.45) is 0 Å². The highest BCUT2D eigenvalue weighted by Crippen LogP contribution is 1.94. The van der Waals surface area contributed by atoms with E-state index in [1.54, 1.807) is 0 Å². The Kier molecular flexibility index (Phi) is 4.79. The Balaban J connectivity index is 2.18. The van der Waals surface area contributed by atoms with Gasteiger partial charge in [-0.3, -0.25) is 9.89 Å². The summed E-state index contributed by atoms with van der Waals surface area (Å²) in [5.41, 5.74) is 0.483. The summed E-state index contributed by atoms with van der Waals surface area (Å²) in [5, 5.41) is 18.2. The van der Waals surface area contributed by atoms with Crippen molar-refractivity contribution >= 4 is 5.91 Å². The molecule has 0 radical (unpaired) electrons. The quantitative estimate of drug-likeness (QED) is 0.596. The SMILES string of the molecule is COCC(O)CCNC(=O)c1cn[nH]c1. The summed E-state index contributed by atoms with van der Waals surface area (Å²) >= 11 is 0. The number of aliphatic hydroxyl groups excluding tert-OH is 1. The Morgan fingerprint density at radius 1 is 1.80 bits per heavy atom. The van der Waals surface area contributed by atoms with Crippen molar-refractivity contribution in [1.29, 1.82) is 0 Å². The Hall–Kier alpha value is -1.40. The molecular formula is C9H15N3O3. The summed E-state index contributed by atoms with van der Waals surface area (Å²) in [7, 11) is 1.52. The van der Waals surface area contributed by atoms with Gasteiger partial charge in [-0.25, -0.2) is 0 Å². The van der Waals surface area contributed by atoms with Crippen LogP contribution in [-0.4, -0.2) is 47.6 Å². The molecule has 1 atom stereocenters. The van der Waals surface area contributed by atoms with Gasteiger partial charge in [-0.15, -0.1) is 0 Å². The third-order valence-electron chi connectivity index (χ3n) is 1.88. The molecular weight excluding hydrogens is 198 g/mol. The first-order valence-corrected chi connectivity index (χ1v) is 4.68. The number of carbonyl (C=O) groups excluding carboxylic acids is 1. The van der Waals surface area contributed by atoms with E-state index in [9.17, 15) is 9.90 Å². The van der Waals surface area contributed by atoms with Gasteiger partial charge in [0.15, 0.2) is 0 Å². The van der Waals surface area contributed by atoms with Gasteiger partial charge in [0.1, 0.15) is 0 Å². The number of nitrogens with zero attached hydrogens (tertiary/aromatic N) is 1. The zero-order valence-electron chi connectivity index (χ0n) is 8.56. The van der Waals surface area contributed by atoms with Crippen LogP contribution in [0.1, 0.15) is 16.8 Å². The zero-order valence-corrected chi connectivity index (χ0v) is 8.56. The predicted octanol–water partition coefficient (Wildman–Crippen LogP) is -0.463. The Morgan fingerprint density at radius 2 is 2.60 bits per heavy atom. The van der Waals surface area contributed by atoms with Crippen LogP contribution in [0.4, 0.5) is 0 Å². The molecule has 0 aliphatic heterocycles. The molecule has 15 heavy (non-hydrogen) atoms. The van der Waals surface area contributed by atoms with E-state index in [2.05, 4.69) is 15.5 Å². The fourth-order valence-electron chi connectivity index (χ4n) is 1.11. The number of hydrogen-bond acceptors (Lipinski definition) is 4. The molecule has 1 rings (SSSR count). The average Bonchev–Trinajstić information content (AvgIpc) is 2.70. The molecule has 1 amide bonds. The van der Waals surface area contributed by atoms with Crippen molar-refractivity contribution in [3.63, 3.8) is 0 Å². The number of amides is 1. The second kappa shape index (κ2) is 6.15. The van der Waals surface area contributed by atoms with Gasteiger partial charge >= 0.3 is 0 Å². The minimum absolute atomic E-state index is 0.201. The summed E-state index contributed by atoms with van der Waals surface area (Å²) in [6.07, 6.45) is 2.89. The van der Waals surface area contributed by atoms with Crippen LogP contribution in [0.3, 0.4) is 0 Å². The smallest absolute Gasteiger partial charge is 0.254 e. The number of rotatable bonds is 6. The van der Waals surface area contributed by atoms with E-state index < -0.39 is 6.10 Å². The number of aromatic nitrogens is 2. The number of carbonyl (C=O) groups is 1. The lowest BCUT2D eigenvalue weighted by Gasteiger charge is -2.09. The normalized spacial score (nSPS) is 12.4. The van der Waals surface area contributed by atoms with Gasteiger partial charge in [0.2, 0.25) is 0 Å². The highest BCUT2D eigenvalue weighted by molar-refractivity contribution is 5.93. The van der Waals surface area contributed by atoms with Crippen LogP contribution in [0.25, 0.3) is 0 Å². The standard InChI is InChI=1S/C9H15N3O3/c1-15-6-8(13)2-3-10-9(14)7-4-11-12-5-7/h4-5,8,13H,2-3,6H2,1H3,(H,10,14)(H,11,12). The van der Waals surface area contributed by atoms with Crippen LogP contribution in [0.5, 0.6) is 0 Å². The number of H-pyrrole nitrogens is 1. The predicted molar refractivity (Wildman–Crippen MR) is 53.4 cm³/mol. The van der Waals surface area contributed by atoms with Gasteiger partial charge < -0.3 is 15.2 Å². The molecule has 0 fully saturated rings. The second-order valence-electron chi connectivity index (χ2n) is 3.14. The third kappa shape index (κ3) is 4.09. The van der Waals surface area contributed by atoms with Gasteiger partial charge in [0, 0.05) is 19.9 Å². The molecule has 0 aliphatic carbocycles. The number of nitrogens with one attached hydrogen (secondary N) is 2. The lowest BCUT2D eigenvalue weighted by molar-refractivity contribution is 0.0587. The number of aliphatic hydroxyl groups is 1.